The van der Waals surface area contributed by atoms with E-state index in [-0.39, 0.29) is 5.56 Å². The van der Waals surface area contributed by atoms with Gasteiger partial charge in [-0.1, -0.05) is 18.2 Å². The van der Waals surface area contributed by atoms with Gasteiger partial charge >= 0.3 is 0 Å². The second-order valence-electron chi connectivity index (χ2n) is 6.28. The lowest BCUT2D eigenvalue weighted by Gasteiger charge is -2.21. The lowest BCUT2D eigenvalue weighted by atomic mass is 10.2. The van der Waals surface area contributed by atoms with Crippen molar-refractivity contribution < 1.29 is 0 Å². The summed E-state index contributed by atoms with van der Waals surface area (Å²) in [6.45, 7) is 8.20. The third kappa shape index (κ3) is 3.25. The predicted molar refractivity (Wildman–Crippen MR) is 109 cm³/mol. The molecule has 0 amide bonds. The van der Waals surface area contributed by atoms with Gasteiger partial charge in [-0.3, -0.25) is 9.48 Å². The smallest absolute Gasteiger partial charge is 0.295 e. The van der Waals surface area contributed by atoms with E-state index in [4.69, 9.17) is 0 Å². The minimum absolute atomic E-state index is 0.0518. The SMILES string of the molecule is CCN(CC)c1ccc(Nc2c(C)n(C)n(-c3ccccc3)c2=O)cc1. The fraction of sp³-hybridized carbons (Fsp3) is 0.286. The highest BCUT2D eigenvalue weighted by atomic mass is 16.1. The van der Waals surface area contributed by atoms with Gasteiger partial charge in [0.05, 0.1) is 11.4 Å². The Kier molecular flexibility index (Phi) is 5.16. The summed E-state index contributed by atoms with van der Waals surface area (Å²) in [4.78, 5) is 15.2. The monoisotopic (exact) mass is 350 g/mol. The highest BCUT2D eigenvalue weighted by Gasteiger charge is 2.16. The fourth-order valence-electron chi connectivity index (χ4n) is 3.20. The van der Waals surface area contributed by atoms with Crippen molar-refractivity contribution in [2.75, 3.05) is 23.3 Å². The first-order valence-corrected chi connectivity index (χ1v) is 9.02. The maximum Gasteiger partial charge on any atom is 0.295 e. The lowest BCUT2D eigenvalue weighted by molar-refractivity contribution is 0.630. The van der Waals surface area contributed by atoms with Gasteiger partial charge in [0.25, 0.3) is 5.56 Å². The van der Waals surface area contributed by atoms with Crippen LogP contribution in [-0.2, 0) is 7.05 Å². The van der Waals surface area contributed by atoms with E-state index in [9.17, 15) is 4.79 Å². The third-order valence-electron chi connectivity index (χ3n) is 4.82. The molecule has 0 radical (unpaired) electrons. The van der Waals surface area contributed by atoms with Crippen molar-refractivity contribution in [2.24, 2.45) is 7.05 Å². The summed E-state index contributed by atoms with van der Waals surface area (Å²) in [6, 6.07) is 17.9. The molecule has 26 heavy (non-hydrogen) atoms. The molecule has 1 aromatic heterocycles. The molecule has 2 aromatic carbocycles. The Labute approximate surface area is 154 Å². The van der Waals surface area contributed by atoms with Crippen molar-refractivity contribution in [3.63, 3.8) is 0 Å². The summed E-state index contributed by atoms with van der Waals surface area (Å²) in [6.07, 6.45) is 0. The maximum absolute atomic E-state index is 13.0. The Morgan fingerprint density at radius 3 is 2.15 bits per heavy atom. The van der Waals surface area contributed by atoms with Gasteiger partial charge in [-0.05, 0) is 57.2 Å². The second kappa shape index (κ2) is 7.52. The minimum Gasteiger partial charge on any atom is -0.372 e. The number of rotatable bonds is 6. The average molecular weight is 350 g/mol. The summed E-state index contributed by atoms with van der Waals surface area (Å²) in [5, 5.41) is 3.30. The van der Waals surface area contributed by atoms with Crippen LogP contribution in [0.25, 0.3) is 5.69 Å². The molecule has 0 aliphatic heterocycles. The van der Waals surface area contributed by atoms with Gasteiger partial charge in [0.2, 0.25) is 0 Å². The highest BCUT2D eigenvalue weighted by Crippen LogP contribution is 2.22. The van der Waals surface area contributed by atoms with Crippen LogP contribution in [0, 0.1) is 6.92 Å². The molecule has 136 valence electrons. The molecule has 5 heteroatoms. The number of benzene rings is 2. The van der Waals surface area contributed by atoms with Crippen molar-refractivity contribution in [1.82, 2.24) is 9.36 Å². The van der Waals surface area contributed by atoms with E-state index in [1.165, 1.54) is 5.69 Å². The average Bonchev–Trinajstić information content (AvgIpc) is 2.88. The summed E-state index contributed by atoms with van der Waals surface area (Å²) in [7, 11) is 1.90. The van der Waals surface area contributed by atoms with E-state index >= 15 is 0 Å². The number of aromatic nitrogens is 2. The summed E-state index contributed by atoms with van der Waals surface area (Å²) >= 11 is 0. The topological polar surface area (TPSA) is 42.2 Å². The first-order valence-electron chi connectivity index (χ1n) is 9.02. The van der Waals surface area contributed by atoms with Crippen LogP contribution in [-0.4, -0.2) is 22.5 Å². The van der Waals surface area contributed by atoms with Gasteiger partial charge in [-0.2, -0.15) is 0 Å². The lowest BCUT2D eigenvalue weighted by Crippen LogP contribution is -2.21. The molecule has 0 saturated carbocycles. The molecular formula is C21H26N4O. The third-order valence-corrected chi connectivity index (χ3v) is 4.82. The minimum atomic E-state index is -0.0518. The fourth-order valence-corrected chi connectivity index (χ4v) is 3.20. The van der Waals surface area contributed by atoms with Crippen LogP contribution in [0.2, 0.25) is 0 Å². The molecule has 3 aromatic rings. The Balaban J connectivity index is 1.93. The van der Waals surface area contributed by atoms with E-state index in [1.54, 1.807) is 4.68 Å². The van der Waals surface area contributed by atoms with Crippen LogP contribution >= 0.6 is 0 Å². The predicted octanol–water partition coefficient (Wildman–Crippen LogP) is 4.07. The van der Waals surface area contributed by atoms with Gasteiger partial charge in [0, 0.05) is 31.5 Å². The van der Waals surface area contributed by atoms with E-state index in [2.05, 4.69) is 36.2 Å². The normalized spacial score (nSPS) is 10.8. The molecule has 0 fully saturated rings. The zero-order chi connectivity index (χ0) is 18.7. The Bertz CT molecular complexity index is 919. The molecule has 0 aliphatic carbocycles. The van der Waals surface area contributed by atoms with Crippen LogP contribution in [0.1, 0.15) is 19.5 Å². The number of anilines is 3. The number of nitrogens with zero attached hydrogens (tertiary/aromatic N) is 3. The van der Waals surface area contributed by atoms with Crippen molar-refractivity contribution in [1.29, 1.82) is 0 Å². The van der Waals surface area contributed by atoms with Gasteiger partial charge in [0.1, 0.15) is 5.69 Å². The Morgan fingerprint density at radius 1 is 0.962 bits per heavy atom. The summed E-state index contributed by atoms with van der Waals surface area (Å²) < 4.78 is 3.56. The molecule has 0 bridgehead atoms. The quantitative estimate of drug-likeness (QED) is 0.728. The molecule has 0 unspecified atom stereocenters. The maximum atomic E-state index is 13.0. The van der Waals surface area contributed by atoms with Crippen molar-refractivity contribution in [3.8, 4) is 5.69 Å². The Morgan fingerprint density at radius 2 is 1.58 bits per heavy atom. The van der Waals surface area contributed by atoms with Gasteiger partial charge in [-0.15, -0.1) is 0 Å². The van der Waals surface area contributed by atoms with Gasteiger partial charge in [0.15, 0.2) is 0 Å². The standard InChI is InChI=1S/C21H26N4O/c1-5-24(6-2)18-14-12-17(13-15-18)22-20-16(3)23(4)25(21(20)26)19-10-8-7-9-11-19/h7-15,22H,5-6H2,1-4H3. The van der Waals surface area contributed by atoms with E-state index in [0.717, 1.165) is 30.2 Å². The molecule has 0 spiro atoms. The molecule has 3 rings (SSSR count). The zero-order valence-corrected chi connectivity index (χ0v) is 15.9. The molecule has 0 aliphatic rings. The van der Waals surface area contributed by atoms with Crippen molar-refractivity contribution >= 4 is 17.1 Å². The largest absolute Gasteiger partial charge is 0.372 e. The highest BCUT2D eigenvalue weighted by molar-refractivity contribution is 5.64. The van der Waals surface area contributed by atoms with Crippen molar-refractivity contribution in [2.45, 2.75) is 20.8 Å². The molecule has 0 saturated heterocycles. The number of hydrogen-bond donors (Lipinski definition) is 1. The van der Waals surface area contributed by atoms with E-state index in [1.807, 2.05) is 61.1 Å². The molecule has 1 heterocycles. The summed E-state index contributed by atoms with van der Waals surface area (Å²) in [5.74, 6) is 0. The first kappa shape index (κ1) is 17.9. The number of nitrogens with one attached hydrogen (secondary N) is 1. The zero-order valence-electron chi connectivity index (χ0n) is 15.9. The van der Waals surface area contributed by atoms with Crippen molar-refractivity contribution in [3.05, 3.63) is 70.6 Å². The van der Waals surface area contributed by atoms with Gasteiger partial charge in [-0.25, -0.2) is 4.68 Å². The van der Waals surface area contributed by atoms with Gasteiger partial charge < -0.3 is 10.2 Å². The van der Waals surface area contributed by atoms with E-state index < -0.39 is 0 Å². The molecular weight excluding hydrogens is 324 g/mol. The molecule has 1 N–H and O–H groups in total. The van der Waals surface area contributed by atoms with Crippen LogP contribution in [0.4, 0.5) is 17.1 Å². The van der Waals surface area contributed by atoms with Crippen LogP contribution < -0.4 is 15.8 Å². The number of para-hydroxylation sites is 1. The Hall–Kier alpha value is -2.95. The second-order valence-corrected chi connectivity index (χ2v) is 6.28. The van der Waals surface area contributed by atoms with Crippen LogP contribution in [0.15, 0.2) is 59.4 Å². The first-order chi connectivity index (χ1) is 12.6. The number of hydrogen-bond acceptors (Lipinski definition) is 3. The summed E-state index contributed by atoms with van der Waals surface area (Å²) in [5.41, 5.74) is 4.40. The molecule has 5 nitrogen and oxygen atoms in total. The molecule has 0 atom stereocenters. The van der Waals surface area contributed by atoms with E-state index in [0.29, 0.717) is 5.69 Å². The van der Waals surface area contributed by atoms with Crippen LogP contribution in [0.3, 0.4) is 0 Å². The van der Waals surface area contributed by atoms with Crippen LogP contribution in [0.5, 0.6) is 0 Å².